The molecular formula is C26H31N3. The van der Waals surface area contributed by atoms with E-state index in [2.05, 4.69) is 86.0 Å². The summed E-state index contributed by atoms with van der Waals surface area (Å²) in [5.41, 5.74) is 5.06. The van der Waals surface area contributed by atoms with Crippen LogP contribution < -0.4 is 0 Å². The largest absolute Gasteiger partial charge is 0.278 e. The zero-order chi connectivity index (χ0) is 20.3. The first-order valence-corrected chi connectivity index (χ1v) is 10.9. The summed E-state index contributed by atoms with van der Waals surface area (Å²) >= 11 is 0. The molecule has 1 fully saturated rings. The molecule has 1 aromatic heterocycles. The van der Waals surface area contributed by atoms with Gasteiger partial charge in [0, 0.05) is 11.0 Å². The lowest BCUT2D eigenvalue weighted by atomic mass is 9.75. The Hall–Kier alpha value is -2.68. The second kappa shape index (κ2) is 8.36. The highest BCUT2D eigenvalue weighted by atomic mass is 15.3. The van der Waals surface area contributed by atoms with Crippen LogP contribution in [0.3, 0.4) is 0 Å². The first-order valence-electron chi connectivity index (χ1n) is 10.9. The van der Waals surface area contributed by atoms with Gasteiger partial charge in [-0.2, -0.15) is 0 Å². The van der Waals surface area contributed by atoms with E-state index >= 15 is 0 Å². The molecule has 1 aliphatic rings. The Kier molecular flexibility index (Phi) is 5.66. The van der Waals surface area contributed by atoms with Crippen LogP contribution in [0.5, 0.6) is 0 Å². The van der Waals surface area contributed by atoms with Crippen molar-refractivity contribution in [2.24, 2.45) is 0 Å². The SMILES string of the molecule is C/C=C\Cc1c(C)cccc1-n1c(-c2ccccc2)nnc1C1(C)CCCCC1. The number of rotatable bonds is 5. The van der Waals surface area contributed by atoms with Crippen molar-refractivity contribution in [2.45, 2.75) is 64.7 Å². The molecule has 0 spiro atoms. The molecule has 0 aliphatic heterocycles. The summed E-state index contributed by atoms with van der Waals surface area (Å²) in [5.74, 6) is 2.06. The van der Waals surface area contributed by atoms with Gasteiger partial charge in [-0.15, -0.1) is 10.2 Å². The molecule has 0 atom stereocenters. The van der Waals surface area contributed by atoms with Crippen LogP contribution in [-0.2, 0) is 11.8 Å². The molecule has 4 rings (SSSR count). The predicted octanol–water partition coefficient (Wildman–Crippen LogP) is 6.58. The summed E-state index contributed by atoms with van der Waals surface area (Å²) in [4.78, 5) is 0. The maximum atomic E-state index is 4.81. The number of hydrogen-bond donors (Lipinski definition) is 0. The van der Waals surface area contributed by atoms with E-state index < -0.39 is 0 Å². The number of hydrogen-bond acceptors (Lipinski definition) is 2. The Bertz CT molecular complexity index is 992. The molecular weight excluding hydrogens is 354 g/mol. The lowest BCUT2D eigenvalue weighted by Gasteiger charge is -2.33. The molecule has 0 saturated heterocycles. The molecule has 1 aliphatic carbocycles. The zero-order valence-corrected chi connectivity index (χ0v) is 17.9. The van der Waals surface area contributed by atoms with Gasteiger partial charge in [-0.05, 0) is 50.3 Å². The standard InChI is InChI=1S/C26H31N3/c1-4-5-16-22-20(2)13-12-17-23(22)29-24(21-14-8-6-9-15-21)27-28-25(29)26(3)18-10-7-11-19-26/h4-6,8-9,12-15,17H,7,10-11,16,18-19H2,1-3H3/b5-4-. The van der Waals surface area contributed by atoms with Gasteiger partial charge < -0.3 is 0 Å². The fraction of sp³-hybridized carbons (Fsp3) is 0.385. The fourth-order valence-electron chi connectivity index (χ4n) is 4.63. The third-order valence-electron chi connectivity index (χ3n) is 6.38. The molecule has 1 heterocycles. The summed E-state index contributed by atoms with van der Waals surface area (Å²) in [5, 5.41) is 9.54. The van der Waals surface area contributed by atoms with Crippen molar-refractivity contribution >= 4 is 0 Å². The maximum absolute atomic E-state index is 4.81. The Morgan fingerprint density at radius 2 is 1.72 bits per heavy atom. The number of nitrogens with zero attached hydrogens (tertiary/aromatic N) is 3. The highest BCUT2D eigenvalue weighted by molar-refractivity contribution is 5.61. The first kappa shape index (κ1) is 19.6. The number of benzene rings is 2. The van der Waals surface area contributed by atoms with Crippen LogP contribution in [0.2, 0.25) is 0 Å². The van der Waals surface area contributed by atoms with Gasteiger partial charge in [0.25, 0.3) is 0 Å². The number of allylic oxidation sites excluding steroid dienone is 2. The average molecular weight is 386 g/mol. The maximum Gasteiger partial charge on any atom is 0.168 e. The lowest BCUT2D eigenvalue weighted by Crippen LogP contribution is -2.29. The lowest BCUT2D eigenvalue weighted by molar-refractivity contribution is 0.300. The summed E-state index contributed by atoms with van der Waals surface area (Å²) in [6.45, 7) is 6.67. The first-order chi connectivity index (χ1) is 14.1. The zero-order valence-electron chi connectivity index (χ0n) is 17.9. The van der Waals surface area contributed by atoms with E-state index in [0.29, 0.717) is 0 Å². The monoisotopic (exact) mass is 385 g/mol. The third-order valence-corrected chi connectivity index (χ3v) is 6.38. The molecule has 150 valence electrons. The fourth-order valence-corrected chi connectivity index (χ4v) is 4.63. The molecule has 0 unspecified atom stereocenters. The molecule has 2 aromatic carbocycles. The van der Waals surface area contributed by atoms with Crippen LogP contribution in [0.15, 0.2) is 60.7 Å². The van der Waals surface area contributed by atoms with Gasteiger partial charge in [-0.1, -0.05) is 80.8 Å². The van der Waals surface area contributed by atoms with Crippen LogP contribution in [-0.4, -0.2) is 14.8 Å². The summed E-state index contributed by atoms with van der Waals surface area (Å²) in [6, 6.07) is 17.1. The third kappa shape index (κ3) is 3.78. The van der Waals surface area contributed by atoms with Crippen molar-refractivity contribution in [3.8, 4) is 17.1 Å². The number of aromatic nitrogens is 3. The highest BCUT2D eigenvalue weighted by Gasteiger charge is 2.35. The van der Waals surface area contributed by atoms with E-state index in [4.69, 9.17) is 10.2 Å². The van der Waals surface area contributed by atoms with Gasteiger partial charge in [0.2, 0.25) is 0 Å². The van der Waals surface area contributed by atoms with Crippen molar-refractivity contribution < 1.29 is 0 Å². The molecule has 0 amide bonds. The van der Waals surface area contributed by atoms with Crippen LogP contribution in [0.1, 0.15) is 62.9 Å². The topological polar surface area (TPSA) is 30.7 Å². The molecule has 0 bridgehead atoms. The molecule has 1 saturated carbocycles. The molecule has 3 aromatic rings. The van der Waals surface area contributed by atoms with Gasteiger partial charge in [-0.25, -0.2) is 0 Å². The van der Waals surface area contributed by atoms with E-state index in [1.807, 2.05) is 0 Å². The van der Waals surface area contributed by atoms with E-state index in [0.717, 1.165) is 23.6 Å². The van der Waals surface area contributed by atoms with Crippen molar-refractivity contribution in [3.63, 3.8) is 0 Å². The van der Waals surface area contributed by atoms with Crippen molar-refractivity contribution in [1.82, 2.24) is 14.8 Å². The summed E-state index contributed by atoms with van der Waals surface area (Å²) in [7, 11) is 0. The van der Waals surface area contributed by atoms with Gasteiger partial charge in [-0.3, -0.25) is 4.57 Å². The van der Waals surface area contributed by atoms with Gasteiger partial charge in [0.05, 0.1) is 5.69 Å². The molecule has 29 heavy (non-hydrogen) atoms. The minimum Gasteiger partial charge on any atom is -0.278 e. The minimum atomic E-state index is 0.0693. The normalized spacial score (nSPS) is 16.4. The molecule has 3 heteroatoms. The van der Waals surface area contributed by atoms with E-state index in [1.165, 1.54) is 48.9 Å². The van der Waals surface area contributed by atoms with Crippen LogP contribution >= 0.6 is 0 Å². The van der Waals surface area contributed by atoms with E-state index in [-0.39, 0.29) is 5.41 Å². The summed E-state index contributed by atoms with van der Waals surface area (Å²) < 4.78 is 2.35. The van der Waals surface area contributed by atoms with Gasteiger partial charge >= 0.3 is 0 Å². The Labute approximate surface area is 174 Å². The Morgan fingerprint density at radius 1 is 0.966 bits per heavy atom. The highest BCUT2D eigenvalue weighted by Crippen LogP contribution is 2.41. The van der Waals surface area contributed by atoms with E-state index in [1.54, 1.807) is 0 Å². The average Bonchev–Trinajstić information content (AvgIpc) is 3.20. The molecule has 0 N–H and O–H groups in total. The van der Waals surface area contributed by atoms with Crippen LogP contribution in [0.4, 0.5) is 0 Å². The Balaban J connectivity index is 1.96. The predicted molar refractivity (Wildman–Crippen MR) is 120 cm³/mol. The molecule has 0 radical (unpaired) electrons. The smallest absolute Gasteiger partial charge is 0.168 e. The van der Waals surface area contributed by atoms with Crippen molar-refractivity contribution in [2.75, 3.05) is 0 Å². The Morgan fingerprint density at radius 3 is 2.45 bits per heavy atom. The second-order valence-electron chi connectivity index (χ2n) is 8.52. The van der Waals surface area contributed by atoms with Crippen molar-refractivity contribution in [1.29, 1.82) is 0 Å². The van der Waals surface area contributed by atoms with Crippen LogP contribution in [0, 0.1) is 6.92 Å². The van der Waals surface area contributed by atoms with Crippen molar-refractivity contribution in [3.05, 3.63) is 77.6 Å². The molecule has 3 nitrogen and oxygen atoms in total. The van der Waals surface area contributed by atoms with Gasteiger partial charge in [0.1, 0.15) is 5.82 Å². The van der Waals surface area contributed by atoms with E-state index in [9.17, 15) is 0 Å². The van der Waals surface area contributed by atoms with Crippen LogP contribution in [0.25, 0.3) is 17.1 Å². The quantitative estimate of drug-likeness (QED) is 0.464. The minimum absolute atomic E-state index is 0.0693. The summed E-state index contributed by atoms with van der Waals surface area (Å²) in [6.07, 6.45) is 11.5. The second-order valence-corrected chi connectivity index (χ2v) is 8.52. The van der Waals surface area contributed by atoms with Gasteiger partial charge in [0.15, 0.2) is 5.82 Å². The number of aryl methyl sites for hydroxylation is 1.